The molecule has 0 bridgehead atoms. The van der Waals surface area contributed by atoms with E-state index in [4.69, 9.17) is 0 Å². The summed E-state index contributed by atoms with van der Waals surface area (Å²) in [6.45, 7) is 27.9. The SMILES string of the molecule is CCC(C)CC(C)CNC(=O)CC(C(=O)NCC(C)CC(C)CC)C(CC(=O)NCC(C)CC(C)CC)C(=O)NCC(C)CC(C)CC. The Kier molecular flexibility index (Phi) is 24.7. The molecule has 8 heteroatoms. The van der Waals surface area contributed by atoms with Gasteiger partial charge in [0.25, 0.3) is 0 Å². The zero-order valence-electron chi connectivity index (χ0n) is 33.3. The van der Waals surface area contributed by atoms with Crippen LogP contribution in [0.4, 0.5) is 0 Å². The van der Waals surface area contributed by atoms with Crippen molar-refractivity contribution in [2.45, 2.75) is 147 Å². The average Bonchev–Trinajstić information content (AvgIpc) is 3.05. The van der Waals surface area contributed by atoms with Crippen molar-refractivity contribution in [2.75, 3.05) is 26.2 Å². The van der Waals surface area contributed by atoms with Crippen LogP contribution in [0.15, 0.2) is 0 Å². The van der Waals surface area contributed by atoms with Crippen LogP contribution in [0, 0.1) is 59.2 Å². The van der Waals surface area contributed by atoms with Gasteiger partial charge in [0.05, 0.1) is 11.8 Å². The Balaban J connectivity index is 6.12. The van der Waals surface area contributed by atoms with Gasteiger partial charge in [0.2, 0.25) is 23.6 Å². The van der Waals surface area contributed by atoms with Crippen LogP contribution in [-0.2, 0) is 19.2 Å². The molecule has 0 aromatic carbocycles. The molecule has 4 N–H and O–H groups in total. The first-order valence-electron chi connectivity index (χ1n) is 19.6. The molecule has 48 heavy (non-hydrogen) atoms. The Morgan fingerprint density at radius 3 is 0.833 bits per heavy atom. The van der Waals surface area contributed by atoms with Gasteiger partial charge in [0, 0.05) is 39.0 Å². The van der Waals surface area contributed by atoms with Gasteiger partial charge in [-0.3, -0.25) is 19.2 Å². The maximum absolute atomic E-state index is 13.9. The minimum Gasteiger partial charge on any atom is -0.356 e. The van der Waals surface area contributed by atoms with Gasteiger partial charge in [-0.25, -0.2) is 0 Å². The van der Waals surface area contributed by atoms with E-state index in [0.717, 1.165) is 51.4 Å². The second-order valence-electron chi connectivity index (χ2n) is 16.1. The third kappa shape index (κ3) is 21.1. The first-order chi connectivity index (χ1) is 22.6. The van der Waals surface area contributed by atoms with E-state index in [9.17, 15) is 19.2 Å². The van der Waals surface area contributed by atoms with E-state index in [0.29, 0.717) is 61.7 Å². The van der Waals surface area contributed by atoms with Gasteiger partial charge in [0.1, 0.15) is 0 Å². The second kappa shape index (κ2) is 25.8. The number of rotatable bonds is 27. The first-order valence-corrected chi connectivity index (χ1v) is 19.6. The number of carbonyl (C=O) groups excluding carboxylic acids is 4. The van der Waals surface area contributed by atoms with E-state index in [1.54, 1.807) is 0 Å². The first kappa shape index (κ1) is 45.9. The summed E-state index contributed by atoms with van der Waals surface area (Å²) >= 11 is 0. The molecule has 10 unspecified atom stereocenters. The molecule has 0 heterocycles. The zero-order chi connectivity index (χ0) is 36.8. The number of amides is 4. The fourth-order valence-electron chi connectivity index (χ4n) is 6.51. The van der Waals surface area contributed by atoms with Crippen molar-refractivity contribution in [3.8, 4) is 0 Å². The monoisotopic (exact) mass is 679 g/mol. The van der Waals surface area contributed by atoms with Crippen molar-refractivity contribution in [3.63, 3.8) is 0 Å². The van der Waals surface area contributed by atoms with E-state index < -0.39 is 11.8 Å². The van der Waals surface area contributed by atoms with Gasteiger partial charge >= 0.3 is 0 Å². The summed E-state index contributed by atoms with van der Waals surface area (Å²) < 4.78 is 0. The van der Waals surface area contributed by atoms with Crippen LogP contribution in [0.1, 0.15) is 147 Å². The van der Waals surface area contributed by atoms with E-state index >= 15 is 0 Å². The minimum absolute atomic E-state index is 0.139. The van der Waals surface area contributed by atoms with Crippen LogP contribution in [0.25, 0.3) is 0 Å². The van der Waals surface area contributed by atoms with E-state index in [1.165, 1.54) is 0 Å². The number of hydrogen-bond acceptors (Lipinski definition) is 4. The summed E-state index contributed by atoms with van der Waals surface area (Å²) in [5.74, 6) is 0.207. The molecule has 0 aromatic rings. The van der Waals surface area contributed by atoms with Crippen molar-refractivity contribution < 1.29 is 19.2 Å². The third-order valence-corrected chi connectivity index (χ3v) is 10.5. The Morgan fingerprint density at radius 2 is 0.604 bits per heavy atom. The van der Waals surface area contributed by atoms with Crippen LogP contribution >= 0.6 is 0 Å². The van der Waals surface area contributed by atoms with Crippen LogP contribution < -0.4 is 21.3 Å². The highest BCUT2D eigenvalue weighted by Crippen LogP contribution is 2.24. The molecule has 282 valence electrons. The van der Waals surface area contributed by atoms with E-state index in [-0.39, 0.29) is 48.3 Å². The molecule has 0 rings (SSSR count). The minimum atomic E-state index is -0.959. The van der Waals surface area contributed by atoms with Gasteiger partial charge in [-0.15, -0.1) is 0 Å². The summed E-state index contributed by atoms with van der Waals surface area (Å²) in [6.07, 6.45) is 7.99. The largest absolute Gasteiger partial charge is 0.356 e. The molecule has 0 saturated carbocycles. The van der Waals surface area contributed by atoms with Crippen molar-refractivity contribution in [2.24, 2.45) is 59.2 Å². The fraction of sp³-hybridized carbons (Fsp3) is 0.900. The highest BCUT2D eigenvalue weighted by atomic mass is 16.2. The number of nitrogens with one attached hydrogen (secondary N) is 4. The van der Waals surface area contributed by atoms with Gasteiger partial charge in [0.15, 0.2) is 0 Å². The molecule has 0 spiro atoms. The Morgan fingerprint density at radius 1 is 0.375 bits per heavy atom. The predicted molar refractivity (Wildman–Crippen MR) is 201 cm³/mol. The highest BCUT2D eigenvalue weighted by molar-refractivity contribution is 5.93. The molecule has 0 aliphatic rings. The average molecular weight is 679 g/mol. The van der Waals surface area contributed by atoms with Gasteiger partial charge in [-0.2, -0.15) is 0 Å². The number of hydrogen-bond donors (Lipinski definition) is 4. The second-order valence-corrected chi connectivity index (χ2v) is 16.1. The summed E-state index contributed by atoms with van der Waals surface area (Å²) in [6, 6.07) is 0. The predicted octanol–water partition coefficient (Wildman–Crippen LogP) is 7.75. The highest BCUT2D eigenvalue weighted by Gasteiger charge is 2.37. The normalized spacial score (nSPS) is 17.8. The Bertz CT molecular complexity index is 840. The third-order valence-electron chi connectivity index (χ3n) is 10.5. The molecule has 10 atom stereocenters. The van der Waals surface area contributed by atoms with Crippen LogP contribution in [0.5, 0.6) is 0 Å². The molecule has 0 aliphatic heterocycles. The van der Waals surface area contributed by atoms with Crippen LogP contribution in [0.3, 0.4) is 0 Å². The summed E-state index contributed by atoms with van der Waals surface area (Å²) in [5.41, 5.74) is 0. The van der Waals surface area contributed by atoms with Crippen molar-refractivity contribution in [1.82, 2.24) is 21.3 Å². The molecule has 8 nitrogen and oxygen atoms in total. The van der Waals surface area contributed by atoms with Crippen LogP contribution in [0.2, 0.25) is 0 Å². The zero-order valence-corrected chi connectivity index (χ0v) is 33.3. The standard InChI is InChI=1S/C40H78N4O4/c1-13-27(5)17-31(9)23-41-37(45)21-35(39(47)43-25-33(11)19-29(7)15-3)36(40(48)44-26-34(12)20-30(8)16-4)22-38(46)42-24-32(10)18-28(6)14-2/h27-36H,13-26H2,1-12H3,(H,41,45)(H,42,46)(H,43,47)(H,44,48). The van der Waals surface area contributed by atoms with E-state index in [1.807, 2.05) is 0 Å². The summed E-state index contributed by atoms with van der Waals surface area (Å²) in [5, 5.41) is 12.2. The lowest BCUT2D eigenvalue weighted by molar-refractivity contribution is -0.140. The lowest BCUT2D eigenvalue weighted by atomic mass is 9.84. The fourth-order valence-corrected chi connectivity index (χ4v) is 6.51. The maximum atomic E-state index is 13.9. The van der Waals surface area contributed by atoms with Crippen molar-refractivity contribution in [1.29, 1.82) is 0 Å². The Labute approximate surface area is 296 Å². The molecule has 0 fully saturated rings. The summed E-state index contributed by atoms with van der Waals surface area (Å²) in [4.78, 5) is 54.6. The molecule has 0 aromatic heterocycles. The topological polar surface area (TPSA) is 116 Å². The van der Waals surface area contributed by atoms with Crippen LogP contribution in [-0.4, -0.2) is 49.8 Å². The van der Waals surface area contributed by atoms with Crippen molar-refractivity contribution >= 4 is 23.6 Å². The lowest BCUT2D eigenvalue weighted by Crippen LogP contribution is -2.47. The summed E-state index contributed by atoms with van der Waals surface area (Å²) in [7, 11) is 0. The van der Waals surface area contributed by atoms with Gasteiger partial charge in [-0.05, 0) is 73.0 Å². The Hall–Kier alpha value is -2.12. The lowest BCUT2D eigenvalue weighted by Gasteiger charge is -2.27. The molecular formula is C40H78N4O4. The maximum Gasteiger partial charge on any atom is 0.224 e. The molecule has 0 aliphatic carbocycles. The molecule has 0 saturated heterocycles. The van der Waals surface area contributed by atoms with Crippen molar-refractivity contribution in [3.05, 3.63) is 0 Å². The van der Waals surface area contributed by atoms with Gasteiger partial charge < -0.3 is 21.3 Å². The molecular weight excluding hydrogens is 600 g/mol. The molecule has 0 radical (unpaired) electrons. The van der Waals surface area contributed by atoms with E-state index in [2.05, 4.69) is 104 Å². The molecule has 4 amide bonds. The number of carbonyl (C=O) groups is 4. The smallest absolute Gasteiger partial charge is 0.224 e. The quantitative estimate of drug-likeness (QED) is 0.0711. The van der Waals surface area contributed by atoms with Gasteiger partial charge in [-0.1, -0.05) is 109 Å².